The molecule has 1 unspecified atom stereocenters. The van der Waals surface area contributed by atoms with E-state index in [1.165, 1.54) is 0 Å². The van der Waals surface area contributed by atoms with Crippen LogP contribution in [0.5, 0.6) is 0 Å². The molecule has 2 fully saturated rings. The number of hydrogen-bond acceptors (Lipinski definition) is 4. The van der Waals surface area contributed by atoms with Crippen LogP contribution in [0.1, 0.15) is 80.6 Å². The van der Waals surface area contributed by atoms with Gasteiger partial charge in [-0.25, -0.2) is 4.79 Å². The van der Waals surface area contributed by atoms with Crippen LogP contribution in [0.4, 0.5) is 4.79 Å². The van der Waals surface area contributed by atoms with E-state index in [-0.39, 0.29) is 17.9 Å². The summed E-state index contributed by atoms with van der Waals surface area (Å²) in [7, 11) is 0. The van der Waals surface area contributed by atoms with Crippen molar-refractivity contribution in [1.82, 2.24) is 15.1 Å². The summed E-state index contributed by atoms with van der Waals surface area (Å²) in [5.41, 5.74) is -0.444. The Morgan fingerprint density at radius 3 is 2.17 bits per heavy atom. The quantitative estimate of drug-likeness (QED) is 0.750. The number of nitrogens with zero attached hydrogens (tertiary/aromatic N) is 2. The minimum absolute atomic E-state index is 0.157. The van der Waals surface area contributed by atoms with E-state index in [2.05, 4.69) is 24.1 Å². The Labute approximate surface area is 178 Å². The highest BCUT2D eigenvalue weighted by molar-refractivity contribution is 5.78. The Morgan fingerprint density at radius 2 is 1.62 bits per heavy atom. The van der Waals surface area contributed by atoms with Gasteiger partial charge in [0.15, 0.2) is 0 Å². The molecule has 2 amide bonds. The summed E-state index contributed by atoms with van der Waals surface area (Å²) < 4.78 is 5.52. The van der Waals surface area contributed by atoms with E-state index < -0.39 is 5.60 Å². The predicted molar refractivity (Wildman–Crippen MR) is 119 cm³/mol. The van der Waals surface area contributed by atoms with Gasteiger partial charge >= 0.3 is 6.09 Å². The first kappa shape index (κ1) is 25.7. The molecule has 1 N–H and O–H groups in total. The van der Waals surface area contributed by atoms with Crippen molar-refractivity contribution in [2.45, 2.75) is 92.2 Å². The molecule has 0 aromatic carbocycles. The molecule has 29 heavy (non-hydrogen) atoms. The van der Waals surface area contributed by atoms with E-state index in [1.54, 1.807) is 0 Å². The summed E-state index contributed by atoms with van der Waals surface area (Å²) in [6.45, 7) is 18.2. The monoisotopic (exact) mass is 411 g/mol. The lowest BCUT2D eigenvalue weighted by Gasteiger charge is -2.37. The van der Waals surface area contributed by atoms with Crippen molar-refractivity contribution in [2.24, 2.45) is 11.8 Å². The molecule has 6 nitrogen and oxygen atoms in total. The van der Waals surface area contributed by atoms with Crippen molar-refractivity contribution in [1.29, 1.82) is 0 Å². The number of carbonyl (C=O) groups excluding carboxylic acids is 2. The number of likely N-dealkylation sites (tertiary alicyclic amines) is 2. The Kier molecular flexibility index (Phi) is 11.0. The minimum atomic E-state index is -0.444. The van der Waals surface area contributed by atoms with Gasteiger partial charge in [-0.1, -0.05) is 27.7 Å². The number of rotatable bonds is 4. The van der Waals surface area contributed by atoms with Gasteiger partial charge in [-0.15, -0.1) is 0 Å². The first-order valence-electron chi connectivity index (χ1n) is 11.7. The van der Waals surface area contributed by atoms with E-state index in [0.717, 1.165) is 64.8 Å². The highest BCUT2D eigenvalue weighted by Gasteiger charge is 2.31. The van der Waals surface area contributed by atoms with Crippen LogP contribution in [0.3, 0.4) is 0 Å². The second-order valence-electron chi connectivity index (χ2n) is 9.50. The first-order chi connectivity index (χ1) is 13.7. The van der Waals surface area contributed by atoms with Crippen LogP contribution in [0.25, 0.3) is 0 Å². The van der Waals surface area contributed by atoms with Gasteiger partial charge in [0.1, 0.15) is 5.60 Å². The molecule has 0 bridgehead atoms. The van der Waals surface area contributed by atoms with Gasteiger partial charge in [-0.3, -0.25) is 4.79 Å². The lowest BCUT2D eigenvalue weighted by Crippen LogP contribution is -2.45. The van der Waals surface area contributed by atoms with Crippen LogP contribution in [0.15, 0.2) is 0 Å². The van der Waals surface area contributed by atoms with Crippen molar-refractivity contribution >= 4 is 12.0 Å². The van der Waals surface area contributed by atoms with Gasteiger partial charge < -0.3 is 19.9 Å². The lowest BCUT2D eigenvalue weighted by molar-refractivity contribution is -0.126. The van der Waals surface area contributed by atoms with Crippen LogP contribution in [0, 0.1) is 11.8 Å². The van der Waals surface area contributed by atoms with Crippen LogP contribution in [-0.2, 0) is 9.53 Å². The Bertz CT molecular complexity index is 494. The maximum Gasteiger partial charge on any atom is 0.410 e. The van der Waals surface area contributed by atoms with Gasteiger partial charge in [-0.2, -0.15) is 0 Å². The maximum atomic E-state index is 12.3. The topological polar surface area (TPSA) is 61.9 Å². The maximum absolute atomic E-state index is 12.3. The predicted octanol–water partition coefficient (Wildman–Crippen LogP) is 4.29. The molecule has 0 aliphatic carbocycles. The number of hydrogen-bond donors (Lipinski definition) is 1. The van der Waals surface area contributed by atoms with Crippen LogP contribution in [-0.4, -0.2) is 66.2 Å². The number of ether oxygens (including phenoxy) is 1. The fourth-order valence-electron chi connectivity index (χ4n) is 3.93. The zero-order chi connectivity index (χ0) is 22.0. The average Bonchev–Trinajstić information content (AvgIpc) is 2.93. The minimum Gasteiger partial charge on any atom is -0.444 e. The Hall–Kier alpha value is -1.30. The zero-order valence-electron chi connectivity index (χ0n) is 19.9. The van der Waals surface area contributed by atoms with Crippen molar-refractivity contribution in [3.63, 3.8) is 0 Å². The molecule has 6 heteroatoms. The summed E-state index contributed by atoms with van der Waals surface area (Å²) in [6.07, 6.45) is 4.81. The van der Waals surface area contributed by atoms with E-state index in [0.29, 0.717) is 12.0 Å². The van der Waals surface area contributed by atoms with Gasteiger partial charge in [-0.05, 0) is 71.9 Å². The molecule has 0 spiro atoms. The van der Waals surface area contributed by atoms with Crippen molar-refractivity contribution < 1.29 is 14.3 Å². The molecule has 2 rings (SSSR count). The highest BCUT2D eigenvalue weighted by atomic mass is 16.6. The molecule has 0 aromatic heterocycles. The largest absolute Gasteiger partial charge is 0.444 e. The zero-order valence-corrected chi connectivity index (χ0v) is 19.9. The molecule has 2 heterocycles. The Morgan fingerprint density at radius 1 is 1.00 bits per heavy atom. The molecule has 1 atom stereocenters. The fourth-order valence-corrected chi connectivity index (χ4v) is 3.93. The van der Waals surface area contributed by atoms with Crippen molar-refractivity contribution in [3.8, 4) is 0 Å². The summed E-state index contributed by atoms with van der Waals surface area (Å²) in [4.78, 5) is 29.0. The molecular formula is C23H45N3O3. The molecule has 170 valence electrons. The van der Waals surface area contributed by atoms with Crippen LogP contribution in [0.2, 0.25) is 0 Å². The lowest BCUT2D eigenvalue weighted by atomic mass is 9.93. The molecule has 2 aliphatic heterocycles. The van der Waals surface area contributed by atoms with Gasteiger partial charge in [0.05, 0.1) is 0 Å². The number of carbonyl (C=O) groups is 2. The van der Waals surface area contributed by atoms with E-state index >= 15 is 0 Å². The smallest absolute Gasteiger partial charge is 0.410 e. The van der Waals surface area contributed by atoms with Gasteiger partial charge in [0.25, 0.3) is 0 Å². The summed E-state index contributed by atoms with van der Waals surface area (Å²) >= 11 is 0. The standard InChI is InChI=1S/C21H39N3O3.C2H6/c1-16(2)15-22-19(25)17-8-12-23(13-9-17)18-7-6-11-24(14-10-18)20(26)27-21(3,4)5;1-2/h16-18H,6-15H2,1-5H3,(H,22,25);1-2H3. The number of nitrogens with one attached hydrogen (secondary N) is 1. The van der Waals surface area contributed by atoms with Crippen LogP contribution >= 0.6 is 0 Å². The van der Waals surface area contributed by atoms with Gasteiger partial charge in [0.2, 0.25) is 5.91 Å². The third-order valence-electron chi connectivity index (χ3n) is 5.45. The molecule has 0 aromatic rings. The molecule has 0 radical (unpaired) electrons. The average molecular weight is 412 g/mol. The third kappa shape index (κ3) is 9.37. The van der Waals surface area contributed by atoms with Crippen molar-refractivity contribution in [2.75, 3.05) is 32.7 Å². The molecule has 0 saturated carbocycles. The van der Waals surface area contributed by atoms with E-state index in [9.17, 15) is 9.59 Å². The van der Waals surface area contributed by atoms with E-state index in [1.807, 2.05) is 39.5 Å². The van der Waals surface area contributed by atoms with Crippen molar-refractivity contribution in [3.05, 3.63) is 0 Å². The number of amides is 2. The summed E-state index contributed by atoms with van der Waals surface area (Å²) in [5.74, 6) is 0.873. The summed E-state index contributed by atoms with van der Waals surface area (Å²) in [6, 6.07) is 0.511. The third-order valence-corrected chi connectivity index (χ3v) is 5.45. The first-order valence-corrected chi connectivity index (χ1v) is 11.7. The van der Waals surface area contributed by atoms with E-state index in [4.69, 9.17) is 4.74 Å². The molecule has 2 aliphatic rings. The van der Waals surface area contributed by atoms with Gasteiger partial charge in [0, 0.05) is 31.6 Å². The fraction of sp³-hybridized carbons (Fsp3) is 0.913. The van der Waals surface area contributed by atoms with Crippen LogP contribution < -0.4 is 5.32 Å². The molecular weight excluding hydrogens is 366 g/mol. The SMILES string of the molecule is CC.CC(C)CNC(=O)C1CCN(C2CCCN(C(=O)OC(C)(C)C)CC2)CC1. The molecule has 2 saturated heterocycles. The normalized spacial score (nSPS) is 21.8. The Balaban J connectivity index is 0.00000204. The second-order valence-corrected chi connectivity index (χ2v) is 9.50. The second kappa shape index (κ2) is 12.4. The highest BCUT2D eigenvalue weighted by Crippen LogP contribution is 2.25. The number of piperidine rings is 1. The summed E-state index contributed by atoms with van der Waals surface area (Å²) in [5, 5.41) is 3.08.